The zero-order valence-electron chi connectivity index (χ0n) is 7.63. The normalized spacial score (nSPS) is 9.77. The zero-order chi connectivity index (χ0) is 9.84. The molecule has 70 valence electrons. The van der Waals surface area contributed by atoms with Crippen molar-refractivity contribution in [3.05, 3.63) is 29.3 Å². The van der Waals surface area contributed by atoms with Gasteiger partial charge in [0.1, 0.15) is 5.75 Å². The van der Waals surface area contributed by atoms with Crippen LogP contribution in [-0.2, 0) is 0 Å². The van der Waals surface area contributed by atoms with E-state index in [0.29, 0.717) is 12.2 Å². The molecule has 0 atom stereocenters. The summed E-state index contributed by atoms with van der Waals surface area (Å²) in [6.45, 7) is 4.36. The van der Waals surface area contributed by atoms with Crippen LogP contribution in [-0.4, -0.2) is 11.8 Å². The fourth-order valence-corrected chi connectivity index (χ4v) is 1.33. The highest BCUT2D eigenvalue weighted by Gasteiger charge is 2.06. The summed E-state index contributed by atoms with van der Waals surface area (Å²) < 4.78 is 5.27. The van der Waals surface area contributed by atoms with Gasteiger partial charge in [-0.2, -0.15) is 0 Å². The lowest BCUT2D eigenvalue weighted by Crippen LogP contribution is -1.96. The van der Waals surface area contributed by atoms with Crippen LogP contribution in [0.1, 0.15) is 22.8 Å². The summed E-state index contributed by atoms with van der Waals surface area (Å²) in [6, 6.07) is 5.22. The molecule has 2 nitrogen and oxygen atoms in total. The van der Waals surface area contributed by atoms with Crippen LogP contribution in [0.4, 0.5) is 0 Å². The maximum atomic E-state index is 10.9. The van der Waals surface area contributed by atoms with Gasteiger partial charge in [-0.25, -0.2) is 0 Å². The van der Waals surface area contributed by atoms with E-state index in [1.165, 1.54) is 0 Å². The highest BCUT2D eigenvalue weighted by atomic mass is 35.5. The molecule has 0 saturated heterocycles. The molecule has 0 heterocycles. The van der Waals surface area contributed by atoms with Crippen molar-refractivity contribution in [3.63, 3.8) is 0 Å². The number of ether oxygens (including phenoxy) is 1. The van der Waals surface area contributed by atoms with Crippen LogP contribution in [0.25, 0.3) is 0 Å². The van der Waals surface area contributed by atoms with Gasteiger partial charge in [-0.1, -0.05) is 0 Å². The van der Waals surface area contributed by atoms with Crippen LogP contribution in [0, 0.1) is 6.92 Å². The number of rotatable bonds is 3. The summed E-state index contributed by atoms with van der Waals surface area (Å²) in [6.07, 6.45) is 0. The minimum atomic E-state index is -0.430. The van der Waals surface area contributed by atoms with E-state index in [2.05, 4.69) is 0 Å². The summed E-state index contributed by atoms with van der Waals surface area (Å²) in [5.74, 6) is 0.765. The summed E-state index contributed by atoms with van der Waals surface area (Å²) in [5.41, 5.74) is 1.37. The summed E-state index contributed by atoms with van der Waals surface area (Å²) >= 11 is 5.36. The quantitative estimate of drug-likeness (QED) is 0.699. The average molecular weight is 199 g/mol. The van der Waals surface area contributed by atoms with Crippen molar-refractivity contribution in [2.75, 3.05) is 6.61 Å². The van der Waals surface area contributed by atoms with Gasteiger partial charge in [0.15, 0.2) is 0 Å². The van der Waals surface area contributed by atoms with Crippen molar-refractivity contribution < 1.29 is 9.53 Å². The number of hydrogen-bond donors (Lipinski definition) is 0. The summed E-state index contributed by atoms with van der Waals surface area (Å²) in [7, 11) is 0. The van der Waals surface area contributed by atoms with Crippen molar-refractivity contribution in [3.8, 4) is 5.75 Å². The molecule has 13 heavy (non-hydrogen) atoms. The van der Waals surface area contributed by atoms with E-state index in [9.17, 15) is 4.79 Å². The second kappa shape index (κ2) is 4.28. The van der Waals surface area contributed by atoms with Gasteiger partial charge in [0, 0.05) is 5.56 Å². The van der Waals surface area contributed by atoms with E-state index >= 15 is 0 Å². The molecule has 0 spiro atoms. The Bertz CT molecular complexity index is 321. The number of hydrogen-bond acceptors (Lipinski definition) is 2. The van der Waals surface area contributed by atoms with E-state index in [1.54, 1.807) is 18.2 Å². The fourth-order valence-electron chi connectivity index (χ4n) is 1.11. The molecule has 0 bridgehead atoms. The smallest absolute Gasteiger partial charge is 0.252 e. The number of carbonyl (C=O) groups is 1. The third kappa shape index (κ3) is 2.46. The Kier molecular flexibility index (Phi) is 3.32. The minimum absolute atomic E-state index is 0.430. The van der Waals surface area contributed by atoms with Crippen LogP contribution >= 0.6 is 11.6 Å². The predicted octanol–water partition coefficient (Wildman–Crippen LogP) is 2.77. The maximum absolute atomic E-state index is 10.9. The lowest BCUT2D eigenvalue weighted by molar-refractivity contribution is 0.108. The Morgan fingerprint density at radius 2 is 2.23 bits per heavy atom. The average Bonchev–Trinajstić information content (AvgIpc) is 2.04. The highest BCUT2D eigenvalue weighted by molar-refractivity contribution is 6.67. The van der Waals surface area contributed by atoms with Gasteiger partial charge in [0.05, 0.1) is 6.61 Å². The highest BCUT2D eigenvalue weighted by Crippen LogP contribution is 2.18. The second-order valence-corrected chi connectivity index (χ2v) is 3.03. The van der Waals surface area contributed by atoms with Gasteiger partial charge in [0.2, 0.25) is 0 Å². The molecule has 3 heteroatoms. The number of carbonyl (C=O) groups excluding carboxylic acids is 1. The van der Waals surface area contributed by atoms with E-state index in [1.807, 2.05) is 13.8 Å². The van der Waals surface area contributed by atoms with E-state index in [4.69, 9.17) is 16.3 Å². The maximum Gasteiger partial charge on any atom is 0.252 e. The van der Waals surface area contributed by atoms with Crippen molar-refractivity contribution in [2.24, 2.45) is 0 Å². The topological polar surface area (TPSA) is 26.3 Å². The third-order valence-electron chi connectivity index (χ3n) is 1.72. The fraction of sp³-hybridized carbons (Fsp3) is 0.300. The van der Waals surface area contributed by atoms with Gasteiger partial charge in [-0.15, -0.1) is 0 Å². The molecule has 0 aliphatic heterocycles. The molecule has 1 rings (SSSR count). The van der Waals surface area contributed by atoms with Gasteiger partial charge in [-0.3, -0.25) is 4.79 Å². The Balaban J connectivity index is 2.98. The molecule has 0 N–H and O–H groups in total. The van der Waals surface area contributed by atoms with Crippen molar-refractivity contribution in [1.29, 1.82) is 0 Å². The van der Waals surface area contributed by atoms with Crippen LogP contribution in [0.3, 0.4) is 0 Å². The molecular weight excluding hydrogens is 188 g/mol. The first-order valence-electron chi connectivity index (χ1n) is 4.08. The number of halogens is 1. The Hall–Kier alpha value is -1.02. The van der Waals surface area contributed by atoms with E-state index < -0.39 is 5.24 Å². The SMILES string of the molecule is CCOc1ccc(C(=O)Cl)c(C)c1. The van der Waals surface area contributed by atoms with Crippen molar-refractivity contribution in [2.45, 2.75) is 13.8 Å². The lowest BCUT2D eigenvalue weighted by atomic mass is 10.1. The molecule has 0 saturated carbocycles. The molecule has 0 radical (unpaired) electrons. The third-order valence-corrected chi connectivity index (χ3v) is 1.92. The monoisotopic (exact) mass is 198 g/mol. The first-order chi connectivity index (χ1) is 6.15. The summed E-state index contributed by atoms with van der Waals surface area (Å²) in [5, 5.41) is -0.430. The molecule has 1 aromatic rings. The molecule has 0 unspecified atom stereocenters. The minimum Gasteiger partial charge on any atom is -0.494 e. The lowest BCUT2D eigenvalue weighted by Gasteiger charge is -2.05. The van der Waals surface area contributed by atoms with Gasteiger partial charge >= 0.3 is 0 Å². The van der Waals surface area contributed by atoms with Crippen LogP contribution < -0.4 is 4.74 Å². The van der Waals surface area contributed by atoms with Crippen LogP contribution in [0.5, 0.6) is 5.75 Å². The Morgan fingerprint density at radius 1 is 1.54 bits per heavy atom. The van der Waals surface area contributed by atoms with Crippen LogP contribution in [0.15, 0.2) is 18.2 Å². The van der Waals surface area contributed by atoms with Crippen LogP contribution in [0.2, 0.25) is 0 Å². The Morgan fingerprint density at radius 3 is 2.69 bits per heavy atom. The van der Waals surface area contributed by atoms with E-state index in [0.717, 1.165) is 11.3 Å². The molecule has 0 amide bonds. The molecular formula is C10H11ClO2. The van der Waals surface area contributed by atoms with Crippen molar-refractivity contribution in [1.82, 2.24) is 0 Å². The Labute approximate surface area is 82.5 Å². The second-order valence-electron chi connectivity index (χ2n) is 2.68. The first kappa shape index (κ1) is 10.1. The largest absolute Gasteiger partial charge is 0.494 e. The predicted molar refractivity (Wildman–Crippen MR) is 52.5 cm³/mol. The van der Waals surface area contributed by atoms with Gasteiger partial charge in [-0.05, 0) is 49.2 Å². The summed E-state index contributed by atoms with van der Waals surface area (Å²) in [4.78, 5) is 10.9. The van der Waals surface area contributed by atoms with Gasteiger partial charge < -0.3 is 4.74 Å². The molecule has 0 aromatic heterocycles. The number of benzene rings is 1. The molecule has 0 fully saturated rings. The molecule has 1 aromatic carbocycles. The van der Waals surface area contributed by atoms with E-state index in [-0.39, 0.29) is 0 Å². The molecule has 0 aliphatic rings. The standard InChI is InChI=1S/C10H11ClO2/c1-3-13-8-4-5-9(10(11)12)7(2)6-8/h4-6H,3H2,1-2H3. The number of aryl methyl sites for hydroxylation is 1. The first-order valence-corrected chi connectivity index (χ1v) is 4.46. The molecule has 0 aliphatic carbocycles. The zero-order valence-corrected chi connectivity index (χ0v) is 8.39. The van der Waals surface area contributed by atoms with Gasteiger partial charge in [0.25, 0.3) is 5.24 Å². The van der Waals surface area contributed by atoms with Crippen molar-refractivity contribution >= 4 is 16.8 Å².